The Morgan fingerprint density at radius 3 is 2.21 bits per heavy atom. The second-order valence-electron chi connectivity index (χ2n) is 3.89. The molecule has 3 nitrogen and oxygen atoms in total. The summed E-state index contributed by atoms with van der Waals surface area (Å²) < 4.78 is 12.4. The maximum absolute atomic E-state index is 12.4. The first-order valence-electron chi connectivity index (χ1n) is 4.62. The zero-order chi connectivity index (χ0) is 10.8. The Hall–Kier alpha value is -0.870. The molecule has 0 atom stereocenters. The van der Waals surface area contributed by atoms with Crippen LogP contribution in [-0.2, 0) is 9.25 Å². The second kappa shape index (κ2) is 3.37. The number of benzene rings is 1. The van der Waals surface area contributed by atoms with E-state index < -0.39 is 9.25 Å². The molecule has 4 heteroatoms. The zero-order valence-corrected chi connectivity index (χ0v) is 9.51. The highest BCUT2D eigenvalue weighted by Crippen LogP contribution is 2.27. The molecule has 0 aliphatic rings. The van der Waals surface area contributed by atoms with Crippen LogP contribution in [0.1, 0.15) is 13.3 Å². The van der Waals surface area contributed by atoms with Crippen LogP contribution in [0.25, 0.3) is 0 Å². The van der Waals surface area contributed by atoms with E-state index in [1.165, 1.54) is 0 Å². The standard InChI is InChI=1S/C10H18N2OS/c1-3-8-14(2,12,13)10-6-4-9(11)5-7-10/h4-7H,3,8,11H2,1-2H3,(H2,12,13). The van der Waals surface area contributed by atoms with Crippen molar-refractivity contribution in [2.75, 3.05) is 17.7 Å². The number of anilines is 1. The van der Waals surface area contributed by atoms with Crippen molar-refractivity contribution >= 4 is 14.9 Å². The Bertz CT molecular complexity index is 378. The van der Waals surface area contributed by atoms with Crippen molar-refractivity contribution in [3.8, 4) is 0 Å². The van der Waals surface area contributed by atoms with Crippen molar-refractivity contribution in [3.05, 3.63) is 24.3 Å². The van der Waals surface area contributed by atoms with Gasteiger partial charge in [0.05, 0.1) is 0 Å². The summed E-state index contributed by atoms with van der Waals surface area (Å²) in [6, 6.07) is 6.96. The highest BCUT2D eigenvalue weighted by atomic mass is 32.3. The van der Waals surface area contributed by atoms with E-state index in [2.05, 4.69) is 0 Å². The molecule has 0 saturated heterocycles. The molecule has 0 bridgehead atoms. The van der Waals surface area contributed by atoms with Gasteiger partial charge >= 0.3 is 0 Å². The molecular weight excluding hydrogens is 196 g/mol. The minimum atomic E-state index is -3.12. The summed E-state index contributed by atoms with van der Waals surface area (Å²) in [5.74, 6) is 0.515. The van der Waals surface area contributed by atoms with Crippen LogP contribution in [0.4, 0.5) is 5.69 Å². The van der Waals surface area contributed by atoms with Crippen LogP contribution in [0.3, 0.4) is 0 Å². The third-order valence-corrected chi connectivity index (χ3v) is 5.19. The lowest BCUT2D eigenvalue weighted by Gasteiger charge is -2.34. The first-order chi connectivity index (χ1) is 6.33. The van der Waals surface area contributed by atoms with Crippen LogP contribution < -0.4 is 10.9 Å². The minimum absolute atomic E-state index is 0.515. The monoisotopic (exact) mass is 214 g/mol. The van der Waals surface area contributed by atoms with Crippen molar-refractivity contribution in [2.24, 2.45) is 5.14 Å². The lowest BCUT2D eigenvalue weighted by Crippen LogP contribution is -2.44. The number of rotatable bonds is 3. The molecule has 0 spiro atoms. The summed E-state index contributed by atoms with van der Waals surface area (Å²) in [4.78, 5) is 0.693. The molecule has 1 aromatic rings. The summed E-state index contributed by atoms with van der Waals surface area (Å²) in [5.41, 5.74) is 6.22. The molecule has 0 aliphatic carbocycles. The zero-order valence-electron chi connectivity index (χ0n) is 8.69. The Labute approximate surface area is 85.0 Å². The van der Waals surface area contributed by atoms with E-state index in [0.29, 0.717) is 16.3 Å². The third-order valence-electron chi connectivity index (χ3n) is 2.23. The van der Waals surface area contributed by atoms with E-state index in [4.69, 9.17) is 10.9 Å². The predicted octanol–water partition coefficient (Wildman–Crippen LogP) is 1.36. The van der Waals surface area contributed by atoms with Gasteiger partial charge in [0, 0.05) is 22.6 Å². The molecule has 0 amide bonds. The summed E-state index contributed by atoms with van der Waals surface area (Å²) >= 11 is 0. The molecule has 80 valence electrons. The SMILES string of the molecule is CCCS(C)(N)(=O)c1ccc(N)cc1. The van der Waals surface area contributed by atoms with Gasteiger partial charge in [-0.05, 0) is 39.9 Å². The van der Waals surface area contributed by atoms with Gasteiger partial charge < -0.3 is 5.73 Å². The molecule has 0 fully saturated rings. The van der Waals surface area contributed by atoms with Crippen LogP contribution in [0.15, 0.2) is 29.2 Å². The highest BCUT2D eigenvalue weighted by molar-refractivity contribution is 8.17. The molecule has 14 heavy (non-hydrogen) atoms. The first-order valence-corrected chi connectivity index (χ1v) is 7.23. The van der Waals surface area contributed by atoms with E-state index in [9.17, 15) is 4.21 Å². The van der Waals surface area contributed by atoms with E-state index in [1.54, 1.807) is 30.5 Å². The lowest BCUT2D eigenvalue weighted by molar-refractivity contribution is 0.658. The second-order valence-corrected chi connectivity index (χ2v) is 8.02. The predicted molar refractivity (Wildman–Crippen MR) is 62.5 cm³/mol. The molecule has 0 radical (unpaired) electrons. The number of hydrogen-bond donors (Lipinski definition) is 2. The van der Waals surface area contributed by atoms with Crippen molar-refractivity contribution in [3.63, 3.8) is 0 Å². The van der Waals surface area contributed by atoms with Crippen LogP contribution in [0.2, 0.25) is 0 Å². The van der Waals surface area contributed by atoms with E-state index in [0.717, 1.165) is 6.42 Å². The Kier molecular flexibility index (Phi) is 2.69. The van der Waals surface area contributed by atoms with Crippen molar-refractivity contribution < 1.29 is 4.21 Å². The van der Waals surface area contributed by atoms with Crippen LogP contribution in [0.5, 0.6) is 0 Å². The summed E-state index contributed by atoms with van der Waals surface area (Å²) in [6.45, 7) is 1.97. The van der Waals surface area contributed by atoms with Crippen molar-refractivity contribution in [1.82, 2.24) is 0 Å². The van der Waals surface area contributed by atoms with Gasteiger partial charge in [-0.25, -0.2) is 0 Å². The number of nitrogen functional groups attached to an aromatic ring is 1. The quantitative estimate of drug-likeness (QED) is 0.746. The van der Waals surface area contributed by atoms with E-state index in [-0.39, 0.29) is 0 Å². The summed E-state index contributed by atoms with van der Waals surface area (Å²) in [6.07, 6.45) is 2.44. The largest absolute Gasteiger partial charge is 0.399 e. The van der Waals surface area contributed by atoms with Crippen LogP contribution in [-0.4, -0.2) is 16.2 Å². The van der Waals surface area contributed by atoms with E-state index in [1.807, 2.05) is 6.92 Å². The van der Waals surface area contributed by atoms with Gasteiger partial charge in [-0.3, -0.25) is 9.35 Å². The molecule has 0 aromatic heterocycles. The Balaban J connectivity index is 3.15. The molecule has 0 unspecified atom stereocenters. The smallest absolute Gasteiger partial charge is 0.0314 e. The number of hydrogen-bond acceptors (Lipinski definition) is 2. The van der Waals surface area contributed by atoms with Crippen LogP contribution >= 0.6 is 0 Å². The highest BCUT2D eigenvalue weighted by Gasteiger charge is 2.26. The van der Waals surface area contributed by atoms with E-state index >= 15 is 0 Å². The van der Waals surface area contributed by atoms with Crippen molar-refractivity contribution in [1.29, 1.82) is 0 Å². The van der Waals surface area contributed by atoms with Gasteiger partial charge in [0.2, 0.25) is 0 Å². The fourth-order valence-corrected chi connectivity index (χ4v) is 3.58. The average Bonchev–Trinajstić information content (AvgIpc) is 2.03. The first kappa shape index (κ1) is 11.2. The summed E-state index contributed by atoms with van der Waals surface area (Å²) in [7, 11) is -3.12. The topological polar surface area (TPSA) is 69.1 Å². The van der Waals surface area contributed by atoms with Gasteiger partial charge in [0.25, 0.3) is 0 Å². The fraction of sp³-hybridized carbons (Fsp3) is 0.400. The third kappa shape index (κ3) is 2.33. The normalized spacial score (nSPS) is 14.6. The van der Waals surface area contributed by atoms with Crippen LogP contribution in [0, 0.1) is 0 Å². The minimum Gasteiger partial charge on any atom is -0.399 e. The molecule has 1 rings (SSSR count). The molecule has 0 saturated carbocycles. The Morgan fingerprint density at radius 1 is 1.29 bits per heavy atom. The molecule has 0 aliphatic heterocycles. The fourth-order valence-electron chi connectivity index (χ4n) is 1.46. The van der Waals surface area contributed by atoms with Gasteiger partial charge in [-0.15, -0.1) is 0 Å². The molecule has 4 N–H and O–H groups in total. The maximum atomic E-state index is 12.4. The number of nitrogens with two attached hydrogens (primary N) is 2. The van der Waals surface area contributed by atoms with Gasteiger partial charge in [0.15, 0.2) is 0 Å². The van der Waals surface area contributed by atoms with Gasteiger partial charge in [-0.1, -0.05) is 6.92 Å². The summed E-state index contributed by atoms with van der Waals surface area (Å²) in [5, 5.41) is 5.95. The lowest BCUT2D eigenvalue weighted by atomic mass is 10.3. The van der Waals surface area contributed by atoms with Gasteiger partial charge in [-0.2, -0.15) is 0 Å². The van der Waals surface area contributed by atoms with Gasteiger partial charge in [0.1, 0.15) is 0 Å². The molecular formula is C10H18N2OS. The maximum Gasteiger partial charge on any atom is 0.0314 e. The average molecular weight is 214 g/mol. The van der Waals surface area contributed by atoms with Crippen molar-refractivity contribution in [2.45, 2.75) is 18.2 Å². The molecule has 0 heterocycles. The Morgan fingerprint density at radius 2 is 1.79 bits per heavy atom. The molecule has 1 aromatic carbocycles.